The summed E-state index contributed by atoms with van der Waals surface area (Å²) < 4.78 is 0. The van der Waals surface area contributed by atoms with E-state index in [1.54, 1.807) is 41.5 Å². The quantitative estimate of drug-likeness (QED) is 0.0168. The van der Waals surface area contributed by atoms with Gasteiger partial charge < -0.3 is 113 Å². The van der Waals surface area contributed by atoms with Crippen LogP contribution < -0.4 is 98.2 Å². The first-order chi connectivity index (χ1) is 50.2. The second-order valence-corrected chi connectivity index (χ2v) is 28.5. The fourth-order valence-electron chi connectivity index (χ4n) is 11.2. The Morgan fingerprint density at radius 2 is 0.972 bits per heavy atom. The molecule has 1 aliphatic rings. The second kappa shape index (κ2) is 50.5. The Morgan fingerprint density at radius 3 is 1.49 bits per heavy atom. The maximum absolute atomic E-state index is 14.6. The summed E-state index contributed by atoms with van der Waals surface area (Å²) in [5.74, 6) is -11.7. The van der Waals surface area contributed by atoms with Crippen molar-refractivity contribution < 1.29 is 77.3 Å². The molecule has 36 nitrogen and oxygen atoms in total. The summed E-state index contributed by atoms with van der Waals surface area (Å²) in [7, 11) is 0. The van der Waals surface area contributed by atoms with E-state index in [1.165, 1.54) is 47.9 Å². The minimum atomic E-state index is -1.48. The van der Waals surface area contributed by atoms with Crippen LogP contribution in [0.2, 0.25) is 0 Å². The fraction of sp³-hybridized carbons (Fsp3) is 0.696. The molecule has 106 heavy (non-hydrogen) atoms. The van der Waals surface area contributed by atoms with Crippen molar-refractivity contribution in [3.05, 3.63) is 29.8 Å². The smallest absolute Gasteiger partial charge is 0.326 e. The summed E-state index contributed by atoms with van der Waals surface area (Å²) in [4.78, 5) is 196. The maximum Gasteiger partial charge on any atom is 0.326 e. The molecule has 598 valence electrons. The molecule has 1 saturated heterocycles. The number of likely N-dealkylation sites (tertiary alicyclic amines) is 1. The van der Waals surface area contributed by atoms with Gasteiger partial charge >= 0.3 is 5.97 Å². The van der Waals surface area contributed by atoms with E-state index in [1.807, 2.05) is 6.26 Å². The number of carboxylic acids is 1. The average molecular weight is 1520 g/mol. The zero-order valence-corrected chi connectivity index (χ0v) is 63.5. The summed E-state index contributed by atoms with van der Waals surface area (Å²) in [6.45, 7) is 10.9. The highest BCUT2D eigenvalue weighted by Crippen LogP contribution is 2.19. The van der Waals surface area contributed by atoms with Gasteiger partial charge in [-0.25, -0.2) is 4.79 Å². The molecule has 13 amide bonds. The predicted octanol–water partition coefficient (Wildman–Crippen LogP) is -3.99. The molecule has 11 atom stereocenters. The maximum atomic E-state index is 14.6. The molecule has 37 heteroatoms. The van der Waals surface area contributed by atoms with Crippen molar-refractivity contribution in [2.75, 3.05) is 64.4 Å². The van der Waals surface area contributed by atoms with Crippen molar-refractivity contribution in [2.45, 2.75) is 224 Å². The molecule has 0 radical (unpaired) electrons. The number of aliphatic imine (C=N–C) groups is 1. The largest absolute Gasteiger partial charge is 0.508 e. The van der Waals surface area contributed by atoms with Gasteiger partial charge in [0.2, 0.25) is 76.8 Å². The second-order valence-electron chi connectivity index (χ2n) is 27.6. The lowest BCUT2D eigenvalue weighted by Gasteiger charge is -2.29. The number of nitrogens with two attached hydrogens (primary N) is 6. The van der Waals surface area contributed by atoms with Crippen LogP contribution in [0.5, 0.6) is 5.75 Å². The molecule has 2 rings (SSSR count). The van der Waals surface area contributed by atoms with Crippen molar-refractivity contribution in [3.63, 3.8) is 0 Å². The van der Waals surface area contributed by atoms with Gasteiger partial charge in [-0.3, -0.25) is 67.3 Å². The molecule has 1 aliphatic heterocycles. The molecular weight excluding hydrogens is 1400 g/mol. The summed E-state index contributed by atoms with van der Waals surface area (Å²) in [6.07, 6.45) is 5.86. The standard InChI is InChI=1S/C69H120N20O16S/c1-39(2)33-50(82-55(92)36-77-60(96)46(17-9-12-27-70)83-59(95)45(73)26-32-106-8)65(101)88-57(41(5)6)67(103)86-51(35-43-22-24-44(90)25-23-43)64(100)84-47(20-15-30-76-69(74)75)61(97)79-38-56(93)89-31-16-21-53(89)66(102)78-37-54(91)81-48(18-10-13-28-71)63(99)85-49(19-11-14-29-72)62(98)80-42(7)58(94)87-52(68(104)105)34-40(3)4/h22-25,39-42,45-53,57,90H,9-21,26-38,70-73H2,1-8H3,(H,77,96)(H,78,102)(H,79,97)(H,80,98)(H,81,91)(H,82,92)(H,83,95)(H,84,100)(H,85,99)(H,86,103)(H,87,94)(H,88,101)(H,104,105)(H4,74,75,76)/t42-,45-,46-,47-,48-,49-,50-,51-,52-,53-,57-/m0/s1. The zero-order valence-electron chi connectivity index (χ0n) is 62.7. The van der Waals surface area contributed by atoms with Gasteiger partial charge in [0, 0.05) is 19.5 Å². The van der Waals surface area contributed by atoms with E-state index < -0.39 is 175 Å². The van der Waals surface area contributed by atoms with Crippen LogP contribution >= 0.6 is 11.8 Å². The van der Waals surface area contributed by atoms with E-state index in [9.17, 15) is 77.3 Å². The number of carbonyl (C=O) groups excluding carboxylic acids is 13. The SMILES string of the molecule is CSCC[C@H](N)C(=O)N[C@@H](CCCCN)C(=O)NCC(=O)N[C@@H](CC(C)C)C(=O)N[C@H](C(=O)N[C@@H](Cc1ccc(O)cc1)C(=O)N[C@@H](CCCN=C(N)N)C(=O)NCC(=O)N1CCC[C@H]1C(=O)NCC(=O)N[C@@H](CCCCN)C(=O)N[C@@H](CCCCN)C(=O)N[C@@H](C)C(=O)N[C@@H](CC(C)C)C(=O)O)C(C)C. The van der Waals surface area contributed by atoms with Gasteiger partial charge in [0.15, 0.2) is 5.96 Å². The van der Waals surface area contributed by atoms with Gasteiger partial charge in [0.05, 0.1) is 25.7 Å². The van der Waals surface area contributed by atoms with Crippen LogP contribution in [-0.4, -0.2) is 235 Å². The number of nitrogens with zero attached hydrogens (tertiary/aromatic N) is 2. The minimum Gasteiger partial charge on any atom is -0.508 e. The topological polar surface area (TPSA) is 596 Å². The average Bonchev–Trinajstić information content (AvgIpc) is 1.44. The number of carbonyl (C=O) groups is 14. The van der Waals surface area contributed by atoms with Crippen LogP contribution in [0.25, 0.3) is 0 Å². The van der Waals surface area contributed by atoms with Crippen LogP contribution in [0.3, 0.4) is 0 Å². The number of carboxylic acid groups (broad SMARTS) is 1. The molecule has 26 N–H and O–H groups in total. The van der Waals surface area contributed by atoms with E-state index in [0.29, 0.717) is 69.2 Å². The molecule has 1 fully saturated rings. The first kappa shape index (κ1) is 93.1. The van der Waals surface area contributed by atoms with Gasteiger partial charge in [0.1, 0.15) is 66.2 Å². The lowest BCUT2D eigenvalue weighted by molar-refractivity contribution is -0.142. The minimum absolute atomic E-state index is 0.00165. The van der Waals surface area contributed by atoms with E-state index in [4.69, 9.17) is 34.4 Å². The third-order valence-corrected chi connectivity index (χ3v) is 17.8. The van der Waals surface area contributed by atoms with Crippen molar-refractivity contribution in [3.8, 4) is 5.75 Å². The van der Waals surface area contributed by atoms with Crippen molar-refractivity contribution in [2.24, 2.45) is 57.1 Å². The number of aliphatic carboxylic acids is 1. The number of phenols is 1. The first-order valence-electron chi connectivity index (χ1n) is 36.4. The van der Waals surface area contributed by atoms with Crippen LogP contribution in [0.4, 0.5) is 0 Å². The highest BCUT2D eigenvalue weighted by Gasteiger charge is 2.38. The van der Waals surface area contributed by atoms with Crippen molar-refractivity contribution >= 4 is 100 Å². The number of guanidine groups is 1. The summed E-state index contributed by atoms with van der Waals surface area (Å²) in [5, 5.41) is 51.0. The first-order valence-corrected chi connectivity index (χ1v) is 37.8. The Bertz CT molecular complexity index is 3050. The molecule has 0 saturated carbocycles. The van der Waals surface area contributed by atoms with Crippen molar-refractivity contribution in [1.29, 1.82) is 0 Å². The summed E-state index contributed by atoms with van der Waals surface area (Å²) >= 11 is 1.51. The monoisotopic (exact) mass is 1520 g/mol. The summed E-state index contributed by atoms with van der Waals surface area (Å²) in [6, 6.07) is -7.63. The van der Waals surface area contributed by atoms with Crippen LogP contribution in [0.15, 0.2) is 29.3 Å². The Hall–Kier alpha value is -8.94. The molecule has 1 aromatic carbocycles. The van der Waals surface area contributed by atoms with Crippen LogP contribution in [0, 0.1) is 17.8 Å². The lowest BCUT2D eigenvalue weighted by Crippen LogP contribution is -2.60. The molecule has 1 aromatic rings. The van der Waals surface area contributed by atoms with Gasteiger partial charge in [-0.15, -0.1) is 0 Å². The zero-order chi connectivity index (χ0) is 79.6. The summed E-state index contributed by atoms with van der Waals surface area (Å²) in [5.41, 5.74) is 34.7. The van der Waals surface area contributed by atoms with Crippen LogP contribution in [0.1, 0.15) is 157 Å². The van der Waals surface area contributed by atoms with Gasteiger partial charge in [-0.05, 0) is 177 Å². The number of aromatic hydroxyl groups is 1. The Labute approximate surface area is 625 Å². The van der Waals surface area contributed by atoms with Gasteiger partial charge in [0.25, 0.3) is 0 Å². The number of nitrogens with one attached hydrogen (secondary N) is 12. The molecule has 0 unspecified atom stereocenters. The highest BCUT2D eigenvalue weighted by atomic mass is 32.2. The highest BCUT2D eigenvalue weighted by molar-refractivity contribution is 7.98. The van der Waals surface area contributed by atoms with E-state index in [-0.39, 0.29) is 108 Å². The molecule has 0 aliphatic carbocycles. The number of benzene rings is 1. The fourth-order valence-corrected chi connectivity index (χ4v) is 11.7. The molecule has 0 aromatic heterocycles. The predicted molar refractivity (Wildman–Crippen MR) is 400 cm³/mol. The van der Waals surface area contributed by atoms with Gasteiger partial charge in [-0.1, -0.05) is 53.7 Å². The number of hydrogen-bond donors (Lipinski definition) is 20. The molecule has 1 heterocycles. The number of thioether (sulfide) groups is 1. The Balaban J connectivity index is 2.32. The Kier molecular flexibility index (Phi) is 44.4. The number of phenolic OH excluding ortho intramolecular Hbond substituents is 1. The van der Waals surface area contributed by atoms with Crippen LogP contribution in [-0.2, 0) is 73.5 Å². The van der Waals surface area contributed by atoms with E-state index >= 15 is 0 Å². The number of amides is 13. The molecule has 0 spiro atoms. The number of hydrogen-bond acceptors (Lipinski definition) is 21. The van der Waals surface area contributed by atoms with Crippen molar-refractivity contribution in [1.82, 2.24) is 68.7 Å². The number of unbranched alkanes of at least 4 members (excludes halogenated alkanes) is 3. The third kappa shape index (κ3) is 36.4. The third-order valence-electron chi connectivity index (χ3n) is 17.1. The van der Waals surface area contributed by atoms with E-state index in [0.717, 1.165) is 0 Å². The normalized spacial score (nSPS) is 15.5. The Morgan fingerprint density at radius 1 is 0.519 bits per heavy atom. The molecule has 0 bridgehead atoms. The number of rotatable bonds is 52. The lowest BCUT2D eigenvalue weighted by atomic mass is 9.98. The molecular formula is C69H120N20O16S. The van der Waals surface area contributed by atoms with E-state index in [2.05, 4.69) is 68.8 Å². The van der Waals surface area contributed by atoms with Gasteiger partial charge in [-0.2, -0.15) is 11.8 Å².